The Labute approximate surface area is 135 Å². The Hall–Kier alpha value is -0.701. The molecule has 0 unspecified atom stereocenters. The van der Waals surface area contributed by atoms with Crippen LogP contribution in [0.15, 0.2) is 24.3 Å². The summed E-state index contributed by atoms with van der Waals surface area (Å²) in [6, 6.07) is 8.15. The Morgan fingerprint density at radius 3 is 1.52 bits per heavy atom. The first-order valence-corrected chi connectivity index (χ1v) is 7.69. The number of nitrogen functional groups attached to an aromatic ring is 1. The van der Waals surface area contributed by atoms with Gasteiger partial charge in [-0.05, 0) is 34.9 Å². The average Bonchev–Trinajstić information content (AvgIpc) is 2.28. The molecule has 0 spiro atoms. The number of nitrogens with two attached hydrogens (primary N) is 1. The number of anilines is 2. The van der Waals surface area contributed by atoms with Crippen LogP contribution in [0.2, 0.25) is 0 Å². The number of morpholine rings is 1. The highest BCUT2D eigenvalue weighted by Gasteiger charge is 2.58. The predicted molar refractivity (Wildman–Crippen MR) is 114 cm³/mol. The van der Waals surface area contributed by atoms with Gasteiger partial charge in [-0.15, -0.1) is 0 Å². The highest BCUT2D eigenvalue weighted by Crippen LogP contribution is 2.42. The molecule has 1 aromatic rings. The molecule has 0 bridgehead atoms. The maximum Gasteiger partial charge on any atom is 0.133 e. The molecule has 1 aliphatic heterocycles. The van der Waals surface area contributed by atoms with Crippen LogP contribution in [0.4, 0.5) is 11.4 Å². The van der Waals surface area contributed by atoms with E-state index < -0.39 is 0 Å². The van der Waals surface area contributed by atoms with Gasteiger partial charge in [-0.25, -0.2) is 0 Å². The van der Waals surface area contributed by atoms with Gasteiger partial charge in [0, 0.05) is 22.2 Å². The molecule has 1 aliphatic rings. The second-order valence-electron chi connectivity index (χ2n) is 8.17. The second kappa shape index (κ2) is 4.65. The third-order valence-corrected chi connectivity index (χ3v) is 5.73. The molecular weight excluding hydrogens is 251 g/mol. The van der Waals surface area contributed by atoms with Gasteiger partial charge in [0.2, 0.25) is 0 Å². The molecule has 0 saturated carbocycles. The van der Waals surface area contributed by atoms with E-state index in [9.17, 15) is 0 Å². The van der Waals surface area contributed by atoms with E-state index in [1.807, 2.05) is 12.1 Å². The molecule has 0 aliphatic carbocycles. The predicted octanol–water partition coefficient (Wildman–Crippen LogP) is -7.21. The number of hydrogen-bond donors (Lipinski definition) is 1. The van der Waals surface area contributed by atoms with Crippen molar-refractivity contribution in [3.8, 4) is 0 Å². The minimum atomic E-state index is -0.270. The van der Waals surface area contributed by atoms with E-state index >= 15 is 0 Å². The fourth-order valence-corrected chi connectivity index (χ4v) is 3.39. The van der Waals surface area contributed by atoms with Crippen molar-refractivity contribution in [2.45, 2.75) is 21.5 Å². The zero-order chi connectivity index (χ0) is 16.3. The number of hydrogen-bond acceptors (Lipinski definition) is 3. The molecule has 0 amide bonds. The summed E-state index contributed by atoms with van der Waals surface area (Å²) in [5, 5.41) is -0.842. The lowest BCUT2D eigenvalue weighted by Gasteiger charge is -2.69. The highest BCUT2D eigenvalue weighted by atomic mass is 16.5. The van der Waals surface area contributed by atoms with E-state index in [2.05, 4.69) is 79.8 Å². The highest BCUT2D eigenvalue weighted by molar-refractivity contribution is 6.61. The van der Waals surface area contributed by atoms with Crippen molar-refractivity contribution >= 4 is 74.1 Å². The zero-order valence-electron chi connectivity index (χ0n) is 14.7. The molecule has 1 heterocycles. The molecule has 0 radical (unpaired) electrons. The van der Waals surface area contributed by atoms with Crippen LogP contribution in [0.1, 0.15) is 0 Å². The molecule has 2 N–H and O–H groups in total. The van der Waals surface area contributed by atoms with Crippen LogP contribution in [-0.2, 0) is 4.74 Å². The average molecular weight is 273 g/mol. The lowest BCUT2D eigenvalue weighted by Crippen LogP contribution is -2.86. The van der Waals surface area contributed by atoms with Gasteiger partial charge in [-0.2, -0.15) is 0 Å². The van der Waals surface area contributed by atoms with E-state index in [0.717, 1.165) is 5.69 Å². The molecule has 1 saturated heterocycles. The topological polar surface area (TPSA) is 38.5 Å². The van der Waals surface area contributed by atoms with E-state index in [1.54, 1.807) is 0 Å². The van der Waals surface area contributed by atoms with Crippen molar-refractivity contribution in [2.24, 2.45) is 0 Å². The molecule has 11 heteroatoms. The van der Waals surface area contributed by atoms with Gasteiger partial charge in [0.05, 0.1) is 0 Å². The minimum Gasteiger partial charge on any atom is -0.402 e. The summed E-state index contributed by atoms with van der Waals surface area (Å²) < 4.78 is 6.50. The summed E-state index contributed by atoms with van der Waals surface area (Å²) in [5.41, 5.74) is 7.83. The summed E-state index contributed by atoms with van der Waals surface area (Å²) in [6.07, 6.45) is 0. The van der Waals surface area contributed by atoms with Crippen molar-refractivity contribution in [2.75, 3.05) is 10.6 Å². The van der Waals surface area contributed by atoms with Gasteiger partial charge in [0.15, 0.2) is 0 Å². The van der Waals surface area contributed by atoms with Crippen LogP contribution in [0.25, 0.3) is 0 Å². The summed E-state index contributed by atoms with van der Waals surface area (Å²) in [6.45, 7) is 0. The van der Waals surface area contributed by atoms with Crippen LogP contribution >= 0.6 is 0 Å². The Morgan fingerprint density at radius 2 is 1.14 bits per heavy atom. The molecular formula is C10H22B8N2O. The number of ether oxygens (including phenoxy) is 1. The summed E-state index contributed by atoms with van der Waals surface area (Å²) in [5.74, 6) is 0. The molecule has 3 nitrogen and oxygen atoms in total. The standard InChI is InChI=1S/C10H22B8N2O/c11-7(12)9(15,16)21-10(17,18)8(13,14)20(7)6-3-1-5(19)2-4-6/h1-4H,11-19H2. The molecule has 2 rings (SSSR count). The van der Waals surface area contributed by atoms with E-state index in [1.165, 1.54) is 5.69 Å². The van der Waals surface area contributed by atoms with Crippen LogP contribution < -0.4 is 10.6 Å². The largest absolute Gasteiger partial charge is 0.402 e. The van der Waals surface area contributed by atoms with Gasteiger partial charge in [-0.3, -0.25) is 0 Å². The minimum absolute atomic E-state index is 0.151. The Balaban J connectivity index is 2.64. The normalized spacial score (nSPS) is 25.2. The molecule has 21 heavy (non-hydrogen) atoms. The quantitative estimate of drug-likeness (QED) is 0.408. The van der Waals surface area contributed by atoms with Gasteiger partial charge in [-0.1, -0.05) is 0 Å². The first kappa shape index (κ1) is 16.7. The summed E-state index contributed by atoms with van der Waals surface area (Å²) in [7, 11) is 17.7. The first-order valence-electron chi connectivity index (χ1n) is 7.69. The van der Waals surface area contributed by atoms with E-state index in [4.69, 9.17) is 10.5 Å². The van der Waals surface area contributed by atoms with Crippen molar-refractivity contribution in [3.63, 3.8) is 0 Å². The van der Waals surface area contributed by atoms with E-state index in [-0.39, 0.29) is 21.5 Å². The molecule has 1 fully saturated rings. The molecule has 0 aromatic heterocycles. The molecule has 1 aromatic carbocycles. The van der Waals surface area contributed by atoms with Gasteiger partial charge in [0.25, 0.3) is 0 Å². The third-order valence-electron chi connectivity index (χ3n) is 5.73. The molecule has 102 valence electrons. The van der Waals surface area contributed by atoms with Gasteiger partial charge >= 0.3 is 0 Å². The SMILES string of the molecule is BC1(B)OC(B)(B)C(B)(B)N(c2ccc(N)cc2)C1(B)B. The number of benzene rings is 1. The van der Waals surface area contributed by atoms with Crippen molar-refractivity contribution in [3.05, 3.63) is 24.3 Å². The van der Waals surface area contributed by atoms with Crippen molar-refractivity contribution in [1.82, 2.24) is 0 Å². The van der Waals surface area contributed by atoms with Crippen LogP contribution in [0, 0.1) is 0 Å². The smallest absolute Gasteiger partial charge is 0.133 e. The maximum absolute atomic E-state index is 6.50. The zero-order valence-corrected chi connectivity index (χ0v) is 14.7. The maximum atomic E-state index is 6.50. The number of nitrogens with zero attached hydrogens (tertiary/aromatic N) is 1. The Bertz CT molecular complexity index is 518. The number of rotatable bonds is 1. The van der Waals surface area contributed by atoms with Gasteiger partial charge < -0.3 is 15.4 Å². The summed E-state index contributed by atoms with van der Waals surface area (Å²) >= 11 is 0. The monoisotopic (exact) mass is 274 g/mol. The van der Waals surface area contributed by atoms with Crippen LogP contribution in [0.5, 0.6) is 0 Å². The Kier molecular flexibility index (Phi) is 3.69. The summed E-state index contributed by atoms with van der Waals surface area (Å²) in [4.78, 5) is 2.49. The fraction of sp³-hybridized carbons (Fsp3) is 0.400. The van der Waals surface area contributed by atoms with E-state index in [0.29, 0.717) is 0 Å². The first-order chi connectivity index (χ1) is 9.33. The van der Waals surface area contributed by atoms with Crippen molar-refractivity contribution < 1.29 is 4.74 Å². The third kappa shape index (κ3) is 2.38. The van der Waals surface area contributed by atoms with Crippen LogP contribution in [0.3, 0.4) is 0 Å². The van der Waals surface area contributed by atoms with Gasteiger partial charge in [0.1, 0.15) is 62.8 Å². The fourth-order valence-electron chi connectivity index (χ4n) is 3.39. The van der Waals surface area contributed by atoms with Crippen molar-refractivity contribution in [1.29, 1.82) is 0 Å². The second-order valence-corrected chi connectivity index (χ2v) is 8.17. The Morgan fingerprint density at radius 1 is 0.762 bits per heavy atom. The lowest BCUT2D eigenvalue weighted by molar-refractivity contribution is -0.0253. The lowest BCUT2D eigenvalue weighted by atomic mass is 9.30. The molecule has 0 atom stereocenters. The van der Waals surface area contributed by atoms with Crippen LogP contribution in [-0.4, -0.2) is 84.2 Å².